The van der Waals surface area contributed by atoms with E-state index in [-0.39, 0.29) is 5.91 Å². The molecule has 0 saturated carbocycles. The second-order valence-electron chi connectivity index (χ2n) is 6.50. The van der Waals surface area contributed by atoms with Gasteiger partial charge in [-0.15, -0.1) is 0 Å². The number of halogens is 1. The summed E-state index contributed by atoms with van der Waals surface area (Å²) in [7, 11) is 0. The van der Waals surface area contributed by atoms with Gasteiger partial charge in [-0.1, -0.05) is 17.7 Å². The lowest BCUT2D eigenvalue weighted by atomic mass is 10.1. The van der Waals surface area contributed by atoms with Gasteiger partial charge in [-0.3, -0.25) is 4.79 Å². The molecule has 0 saturated heterocycles. The van der Waals surface area contributed by atoms with Crippen LogP contribution >= 0.6 is 11.6 Å². The molecule has 29 heavy (non-hydrogen) atoms. The second kappa shape index (κ2) is 8.20. The monoisotopic (exact) mass is 404 g/mol. The maximum absolute atomic E-state index is 12.5. The summed E-state index contributed by atoms with van der Waals surface area (Å²) in [6, 6.07) is 19.7. The molecule has 1 amide bonds. The summed E-state index contributed by atoms with van der Waals surface area (Å²) >= 11 is 6.22. The van der Waals surface area contributed by atoms with Gasteiger partial charge < -0.3 is 19.8 Å². The van der Waals surface area contributed by atoms with Crippen LogP contribution in [0.5, 0.6) is 11.5 Å². The van der Waals surface area contributed by atoms with E-state index in [4.69, 9.17) is 16.3 Å². The van der Waals surface area contributed by atoms with E-state index in [1.54, 1.807) is 48.5 Å². The Balaban J connectivity index is 1.43. The topological polar surface area (TPSA) is 71.2 Å². The van der Waals surface area contributed by atoms with Gasteiger partial charge in [0, 0.05) is 34.8 Å². The highest BCUT2D eigenvalue weighted by molar-refractivity contribution is 6.32. The average molecular weight is 405 g/mol. The fourth-order valence-electron chi connectivity index (χ4n) is 2.98. The highest BCUT2D eigenvalue weighted by atomic mass is 35.5. The number of amides is 1. The number of nitrogens with one attached hydrogen (secondary N) is 2. The lowest BCUT2D eigenvalue weighted by molar-refractivity contribution is -0.107. The zero-order chi connectivity index (χ0) is 20.2. The number of fused-ring (bicyclic) bond motifs is 1. The van der Waals surface area contributed by atoms with Crippen molar-refractivity contribution in [3.05, 3.63) is 89.1 Å². The van der Waals surface area contributed by atoms with Crippen LogP contribution in [-0.4, -0.2) is 17.2 Å². The van der Waals surface area contributed by atoms with Gasteiger partial charge in [0.15, 0.2) is 0 Å². The van der Waals surface area contributed by atoms with Crippen LogP contribution in [0.4, 0.5) is 5.69 Å². The van der Waals surface area contributed by atoms with E-state index < -0.39 is 0 Å². The molecule has 0 spiro atoms. The zero-order valence-electron chi connectivity index (χ0n) is 15.3. The van der Waals surface area contributed by atoms with Crippen LogP contribution in [0.3, 0.4) is 0 Å². The maximum Gasteiger partial charge on any atom is 0.255 e. The van der Waals surface area contributed by atoms with Gasteiger partial charge in [-0.25, -0.2) is 0 Å². The van der Waals surface area contributed by atoms with E-state index in [9.17, 15) is 9.59 Å². The first-order valence-electron chi connectivity index (χ1n) is 9.01. The molecule has 2 N–H and O–H groups in total. The third-order valence-corrected chi connectivity index (χ3v) is 4.77. The summed E-state index contributed by atoms with van der Waals surface area (Å²) in [4.78, 5) is 26.2. The predicted molar refractivity (Wildman–Crippen MR) is 114 cm³/mol. The highest BCUT2D eigenvalue weighted by Crippen LogP contribution is 2.31. The molecule has 1 heterocycles. The first-order chi connectivity index (χ1) is 14.1. The Hall–Kier alpha value is -3.57. The van der Waals surface area contributed by atoms with E-state index in [1.807, 2.05) is 24.4 Å². The minimum Gasteiger partial charge on any atom is -0.456 e. The van der Waals surface area contributed by atoms with Gasteiger partial charge in [0.2, 0.25) is 0 Å². The highest BCUT2D eigenvalue weighted by Gasteiger charge is 2.09. The molecule has 144 valence electrons. The molecule has 0 atom stereocenters. The lowest BCUT2D eigenvalue weighted by Gasteiger charge is -2.10. The number of carbonyl (C=O) groups excluding carboxylic acids is 2. The van der Waals surface area contributed by atoms with Gasteiger partial charge in [0.25, 0.3) is 5.91 Å². The summed E-state index contributed by atoms with van der Waals surface area (Å²) < 4.78 is 5.79. The van der Waals surface area contributed by atoms with Gasteiger partial charge in [-0.2, -0.15) is 0 Å². The molecule has 4 rings (SSSR count). The van der Waals surface area contributed by atoms with Gasteiger partial charge in [0.05, 0.1) is 5.02 Å². The Morgan fingerprint density at radius 2 is 1.86 bits per heavy atom. The fourth-order valence-corrected chi connectivity index (χ4v) is 3.22. The summed E-state index contributed by atoms with van der Waals surface area (Å²) in [5.41, 5.74) is 3.05. The molecule has 0 unspecified atom stereocenters. The van der Waals surface area contributed by atoms with Crippen LogP contribution in [0.25, 0.3) is 10.9 Å². The second-order valence-corrected chi connectivity index (χ2v) is 6.90. The normalized spacial score (nSPS) is 10.7. The number of H-pyrrole nitrogens is 1. The molecular formula is C23H17ClN2O3. The molecule has 4 aromatic rings. The van der Waals surface area contributed by atoms with E-state index in [0.717, 1.165) is 22.8 Å². The summed E-state index contributed by atoms with van der Waals surface area (Å²) in [5.74, 6) is 0.898. The number of benzene rings is 3. The number of hydrogen-bond donors (Lipinski definition) is 2. The molecule has 0 aliphatic rings. The van der Waals surface area contributed by atoms with Crippen molar-refractivity contribution in [1.29, 1.82) is 0 Å². The molecule has 0 aliphatic carbocycles. The van der Waals surface area contributed by atoms with Crippen LogP contribution in [-0.2, 0) is 11.2 Å². The number of aldehydes is 1. The van der Waals surface area contributed by atoms with Crippen molar-refractivity contribution < 1.29 is 14.3 Å². The van der Waals surface area contributed by atoms with Crippen molar-refractivity contribution >= 4 is 40.4 Å². The summed E-state index contributed by atoms with van der Waals surface area (Å²) in [6.07, 6.45) is 2.98. The van der Waals surface area contributed by atoms with Crippen LogP contribution in [0.15, 0.2) is 72.9 Å². The number of carbonyl (C=O) groups is 2. The van der Waals surface area contributed by atoms with Crippen molar-refractivity contribution in [2.75, 3.05) is 5.32 Å². The van der Waals surface area contributed by atoms with E-state index >= 15 is 0 Å². The molecule has 3 aromatic carbocycles. The molecule has 0 radical (unpaired) electrons. The zero-order valence-corrected chi connectivity index (χ0v) is 16.1. The standard InChI is InChI=1S/C23H17ClN2O3/c24-20-13-15(10-12-27)1-8-22(20)29-19-5-3-18(4-6-19)26-23(28)17-2-7-21-16(14-17)9-11-25-21/h1-9,11-14,25H,10H2,(H,26,28). The number of aromatic nitrogens is 1. The Kier molecular flexibility index (Phi) is 5.31. The fraction of sp³-hybridized carbons (Fsp3) is 0.0435. The van der Waals surface area contributed by atoms with Crippen LogP contribution in [0.1, 0.15) is 15.9 Å². The minimum atomic E-state index is -0.185. The molecule has 0 aliphatic heterocycles. The van der Waals surface area contributed by atoms with Crippen molar-refractivity contribution in [1.82, 2.24) is 4.98 Å². The summed E-state index contributed by atoms with van der Waals surface area (Å²) in [5, 5.41) is 4.29. The Morgan fingerprint density at radius 3 is 2.62 bits per heavy atom. The number of anilines is 1. The Labute approximate surface area is 172 Å². The number of hydrogen-bond acceptors (Lipinski definition) is 3. The van der Waals surface area contributed by atoms with Crippen LogP contribution in [0, 0.1) is 0 Å². The molecule has 0 fully saturated rings. The SMILES string of the molecule is O=CCc1ccc(Oc2ccc(NC(=O)c3ccc4[nH]ccc4c3)cc2)c(Cl)c1. The van der Waals surface area contributed by atoms with Gasteiger partial charge >= 0.3 is 0 Å². The lowest BCUT2D eigenvalue weighted by Crippen LogP contribution is -2.11. The van der Waals surface area contributed by atoms with Crippen molar-refractivity contribution in [2.45, 2.75) is 6.42 Å². The molecule has 1 aromatic heterocycles. The van der Waals surface area contributed by atoms with Gasteiger partial charge in [0.1, 0.15) is 17.8 Å². The predicted octanol–water partition coefficient (Wildman–Crippen LogP) is 5.61. The Morgan fingerprint density at radius 1 is 1.03 bits per heavy atom. The number of aromatic amines is 1. The van der Waals surface area contributed by atoms with Crippen molar-refractivity contribution in [3.8, 4) is 11.5 Å². The van der Waals surface area contributed by atoms with E-state index in [2.05, 4.69) is 10.3 Å². The summed E-state index contributed by atoms with van der Waals surface area (Å²) in [6.45, 7) is 0. The van der Waals surface area contributed by atoms with Gasteiger partial charge in [-0.05, 0) is 66.2 Å². The Bertz CT molecular complexity index is 1180. The molecule has 0 bridgehead atoms. The third kappa shape index (κ3) is 4.31. The first kappa shape index (κ1) is 18.8. The van der Waals surface area contributed by atoms with E-state index in [1.165, 1.54) is 0 Å². The largest absolute Gasteiger partial charge is 0.456 e. The molecule has 5 nitrogen and oxygen atoms in total. The van der Waals surface area contributed by atoms with Crippen molar-refractivity contribution in [2.24, 2.45) is 0 Å². The van der Waals surface area contributed by atoms with Crippen LogP contribution in [0.2, 0.25) is 5.02 Å². The first-order valence-corrected chi connectivity index (χ1v) is 9.38. The number of ether oxygens (including phenoxy) is 1. The quantitative estimate of drug-likeness (QED) is 0.410. The van der Waals surface area contributed by atoms with Crippen LogP contribution < -0.4 is 10.1 Å². The smallest absolute Gasteiger partial charge is 0.255 e. The molecular weight excluding hydrogens is 388 g/mol. The number of rotatable bonds is 6. The minimum absolute atomic E-state index is 0.185. The van der Waals surface area contributed by atoms with Crippen molar-refractivity contribution in [3.63, 3.8) is 0 Å². The third-order valence-electron chi connectivity index (χ3n) is 4.47. The molecule has 6 heteroatoms. The average Bonchev–Trinajstić information content (AvgIpc) is 3.19. The van der Waals surface area contributed by atoms with E-state index in [0.29, 0.717) is 34.2 Å². The maximum atomic E-state index is 12.5.